The molecule has 0 aromatic carbocycles. The summed E-state index contributed by atoms with van der Waals surface area (Å²) in [7, 11) is -10.4. The van der Waals surface area contributed by atoms with Crippen molar-refractivity contribution >= 4 is 26.7 Å². The second-order valence-corrected chi connectivity index (χ2v) is 9.51. The number of nitrogens with one attached hydrogen (secondary N) is 1. The van der Waals surface area contributed by atoms with Crippen molar-refractivity contribution in [1.82, 2.24) is 5.43 Å². The summed E-state index contributed by atoms with van der Waals surface area (Å²) < 4.78 is 23.0. The fourth-order valence-electron chi connectivity index (χ4n) is 2.72. The van der Waals surface area contributed by atoms with E-state index in [0.29, 0.717) is 12.8 Å². The van der Waals surface area contributed by atoms with Crippen LogP contribution in [0.1, 0.15) is 41.4 Å². The maximum absolute atomic E-state index is 12.3. The first-order valence-corrected chi connectivity index (χ1v) is 9.80. The van der Waals surface area contributed by atoms with E-state index in [1.54, 1.807) is 0 Å². The molecule has 0 aromatic rings. The van der Waals surface area contributed by atoms with Crippen LogP contribution in [0.5, 0.6) is 0 Å². The zero-order valence-corrected chi connectivity index (χ0v) is 21.2. The number of carbonyl (C=O) groups is 1. The van der Waals surface area contributed by atoms with Crippen molar-refractivity contribution in [2.24, 2.45) is 11.0 Å². The van der Waals surface area contributed by atoms with Crippen LogP contribution < -0.4 is 108 Å². The standard InChI is InChI=1S/C10H18N2O7P2.2K.2H/c13-9(7-4-2-1-3-5-7)8-6-10(12-11-8,20(14,15)16)21(17,18)19;;;;/h7,12H,1-6H2,(H2,14,15,16)(H2,17,18,19);;;;/q;2*+1;2*-1. The van der Waals surface area contributed by atoms with Gasteiger partial charge in [-0.1, -0.05) is 19.3 Å². The zero-order valence-electron chi connectivity index (χ0n) is 15.2. The van der Waals surface area contributed by atoms with Gasteiger partial charge in [-0.15, -0.1) is 0 Å². The van der Waals surface area contributed by atoms with Crippen LogP contribution in [0.15, 0.2) is 5.10 Å². The SMILES string of the molecule is O=C(C1=NNC(P(=O)(O)O)(P(=O)(O)O)C1)C1CCCCC1.[H-].[H-].[K+].[K+]. The van der Waals surface area contributed by atoms with Crippen LogP contribution in [0.4, 0.5) is 0 Å². The average molecular weight is 420 g/mol. The minimum Gasteiger partial charge on any atom is -1.00 e. The molecular formula is C10H20K2N2O7P2. The molecule has 23 heavy (non-hydrogen) atoms. The maximum Gasteiger partial charge on any atom is 1.00 e. The second-order valence-electron chi connectivity index (χ2n) is 5.45. The monoisotopic (exact) mass is 420 g/mol. The Morgan fingerprint density at radius 3 is 1.96 bits per heavy atom. The Morgan fingerprint density at radius 1 is 1.09 bits per heavy atom. The molecule has 2 aliphatic rings. The number of rotatable bonds is 4. The van der Waals surface area contributed by atoms with Crippen molar-refractivity contribution in [1.29, 1.82) is 0 Å². The Morgan fingerprint density at radius 2 is 1.57 bits per heavy atom. The van der Waals surface area contributed by atoms with Crippen molar-refractivity contribution in [2.75, 3.05) is 0 Å². The fraction of sp³-hybridized carbons (Fsp3) is 0.800. The molecule has 13 heteroatoms. The minimum atomic E-state index is -5.22. The summed E-state index contributed by atoms with van der Waals surface area (Å²) in [6.45, 7) is 0. The molecule has 1 aliphatic carbocycles. The second kappa shape index (κ2) is 9.77. The van der Waals surface area contributed by atoms with Crippen LogP contribution in [0.3, 0.4) is 0 Å². The van der Waals surface area contributed by atoms with Gasteiger partial charge in [0.05, 0.1) is 0 Å². The van der Waals surface area contributed by atoms with E-state index in [0.717, 1.165) is 19.3 Å². The van der Waals surface area contributed by atoms with Gasteiger partial charge in [-0.3, -0.25) is 19.4 Å². The Balaban J connectivity index is -0.00000121. The van der Waals surface area contributed by atoms with Crippen LogP contribution in [0.25, 0.3) is 0 Å². The van der Waals surface area contributed by atoms with Gasteiger partial charge < -0.3 is 22.4 Å². The van der Waals surface area contributed by atoms with Crippen molar-refractivity contribution in [3.8, 4) is 0 Å². The van der Waals surface area contributed by atoms with E-state index in [4.69, 9.17) is 0 Å². The van der Waals surface area contributed by atoms with Gasteiger partial charge in [0.25, 0.3) is 5.02 Å². The first-order chi connectivity index (χ1) is 9.58. The van der Waals surface area contributed by atoms with Gasteiger partial charge in [0.1, 0.15) is 5.71 Å². The Kier molecular flexibility index (Phi) is 10.9. The van der Waals surface area contributed by atoms with Crippen molar-refractivity contribution < 1.29 is 139 Å². The largest absolute Gasteiger partial charge is 1.00 e. The Bertz CT molecular complexity index is 556. The molecule has 1 fully saturated rings. The van der Waals surface area contributed by atoms with Gasteiger partial charge in [-0.05, 0) is 12.8 Å². The van der Waals surface area contributed by atoms with E-state index in [2.05, 4.69) is 5.10 Å². The van der Waals surface area contributed by atoms with Gasteiger partial charge in [0.15, 0.2) is 5.78 Å². The summed E-state index contributed by atoms with van der Waals surface area (Å²) in [6, 6.07) is 0. The molecule has 1 saturated carbocycles. The summed E-state index contributed by atoms with van der Waals surface area (Å²) in [5.74, 6) is -0.672. The first-order valence-electron chi connectivity index (χ1n) is 6.58. The smallest absolute Gasteiger partial charge is 1.00 e. The quantitative estimate of drug-likeness (QED) is 0.223. The molecule has 0 atom stereocenters. The van der Waals surface area contributed by atoms with Gasteiger partial charge >= 0.3 is 118 Å². The van der Waals surface area contributed by atoms with Crippen LogP contribution in [-0.4, -0.2) is 36.1 Å². The van der Waals surface area contributed by atoms with E-state index in [1.165, 1.54) is 0 Å². The number of hydrogen-bond donors (Lipinski definition) is 5. The fourth-order valence-corrected chi connectivity index (χ4v) is 5.15. The molecule has 9 nitrogen and oxygen atoms in total. The molecule has 0 spiro atoms. The zero-order chi connectivity index (χ0) is 15.9. The number of Topliss-reactive ketones (excluding diaryl/α,β-unsaturated/α-hetero) is 1. The third-order valence-corrected chi connectivity index (χ3v) is 8.01. The average Bonchev–Trinajstić information content (AvgIpc) is 2.84. The van der Waals surface area contributed by atoms with Gasteiger partial charge in [0.2, 0.25) is 0 Å². The number of ketones is 1. The van der Waals surface area contributed by atoms with E-state index in [-0.39, 0.29) is 123 Å². The Hall–Kier alpha value is 2.71. The number of carbonyl (C=O) groups excluding carboxylic acids is 1. The summed E-state index contributed by atoms with van der Waals surface area (Å²) in [4.78, 5) is 49.4. The molecule has 2 rings (SSSR count). The normalized spacial score (nSPS) is 21.5. The molecule has 5 N–H and O–H groups in total. The van der Waals surface area contributed by atoms with Crippen molar-refractivity contribution in [3.63, 3.8) is 0 Å². The van der Waals surface area contributed by atoms with Crippen LogP contribution in [0, 0.1) is 5.92 Å². The summed E-state index contributed by atoms with van der Waals surface area (Å²) in [5.41, 5.74) is 1.66. The molecule has 0 saturated heterocycles. The molecular weight excluding hydrogens is 400 g/mol. The van der Waals surface area contributed by atoms with E-state index >= 15 is 0 Å². The maximum atomic E-state index is 12.3. The topological polar surface area (TPSA) is 157 Å². The van der Waals surface area contributed by atoms with E-state index < -0.39 is 26.6 Å². The van der Waals surface area contributed by atoms with Gasteiger partial charge in [-0.2, -0.15) is 5.10 Å². The third-order valence-electron chi connectivity index (χ3n) is 4.01. The summed E-state index contributed by atoms with van der Waals surface area (Å²) >= 11 is 0. The third kappa shape index (κ3) is 5.60. The summed E-state index contributed by atoms with van der Waals surface area (Å²) in [6.07, 6.45) is 3.37. The molecule has 0 bridgehead atoms. The van der Waals surface area contributed by atoms with Crippen molar-refractivity contribution in [2.45, 2.75) is 43.5 Å². The summed E-state index contributed by atoms with van der Waals surface area (Å²) in [5, 5.41) is 0.710. The molecule has 0 radical (unpaired) electrons. The first kappa shape index (κ1) is 25.7. The molecule has 0 aromatic heterocycles. The predicted molar refractivity (Wildman–Crippen MR) is 75.8 cm³/mol. The van der Waals surface area contributed by atoms with E-state index in [9.17, 15) is 33.5 Å². The van der Waals surface area contributed by atoms with Crippen molar-refractivity contribution in [3.05, 3.63) is 0 Å². The molecule has 0 amide bonds. The van der Waals surface area contributed by atoms with Gasteiger partial charge in [0, 0.05) is 12.3 Å². The van der Waals surface area contributed by atoms with Gasteiger partial charge in [-0.25, -0.2) is 0 Å². The minimum absolute atomic E-state index is 0. The van der Waals surface area contributed by atoms with Crippen LogP contribution >= 0.6 is 15.2 Å². The number of hydrogen-bond acceptors (Lipinski definition) is 5. The Labute approximate surface area is 222 Å². The molecule has 0 unspecified atom stereocenters. The number of hydrazone groups is 1. The van der Waals surface area contributed by atoms with Crippen LogP contribution in [0.2, 0.25) is 0 Å². The predicted octanol–water partition coefficient (Wildman–Crippen LogP) is -5.27. The molecule has 1 heterocycles. The number of nitrogens with zero attached hydrogens (tertiary/aromatic N) is 1. The van der Waals surface area contributed by atoms with E-state index in [1.807, 2.05) is 5.43 Å². The van der Waals surface area contributed by atoms with Crippen LogP contribution in [-0.2, 0) is 13.9 Å². The molecule has 1 aliphatic heterocycles. The molecule has 124 valence electrons.